The Morgan fingerprint density at radius 3 is 2.37 bits per heavy atom. The molecule has 7 heteroatoms. The molecule has 0 aromatic heterocycles. The molecule has 0 bridgehead atoms. The van der Waals surface area contributed by atoms with Gasteiger partial charge in [-0.1, -0.05) is 12.1 Å². The SMILES string of the molecule is CCNC(=NCC(O)c1ccc(F)cc1)NCCOc1ccc(OC)cc1. The topological polar surface area (TPSA) is 75.1 Å². The molecular formula is C20H26FN3O3. The monoisotopic (exact) mass is 375 g/mol. The van der Waals surface area contributed by atoms with Crippen LogP contribution in [-0.4, -0.2) is 44.4 Å². The molecule has 146 valence electrons. The summed E-state index contributed by atoms with van der Waals surface area (Å²) in [5.74, 6) is 1.78. The molecule has 0 aliphatic carbocycles. The third-order valence-electron chi connectivity index (χ3n) is 3.74. The van der Waals surface area contributed by atoms with E-state index in [1.807, 2.05) is 31.2 Å². The summed E-state index contributed by atoms with van der Waals surface area (Å²) in [5.41, 5.74) is 0.624. The zero-order valence-corrected chi connectivity index (χ0v) is 15.6. The normalized spacial score (nSPS) is 12.4. The summed E-state index contributed by atoms with van der Waals surface area (Å²) < 4.78 is 23.7. The Hall–Kier alpha value is -2.80. The molecule has 0 radical (unpaired) electrons. The number of rotatable bonds is 9. The van der Waals surface area contributed by atoms with Crippen LogP contribution in [0.3, 0.4) is 0 Å². The quantitative estimate of drug-likeness (QED) is 0.357. The largest absolute Gasteiger partial charge is 0.497 e. The first-order valence-corrected chi connectivity index (χ1v) is 8.85. The molecule has 3 N–H and O–H groups in total. The Kier molecular flexibility index (Phi) is 8.38. The average Bonchev–Trinajstić information content (AvgIpc) is 2.70. The van der Waals surface area contributed by atoms with Gasteiger partial charge >= 0.3 is 0 Å². The van der Waals surface area contributed by atoms with E-state index in [9.17, 15) is 9.50 Å². The van der Waals surface area contributed by atoms with E-state index >= 15 is 0 Å². The molecule has 0 aliphatic heterocycles. The lowest BCUT2D eigenvalue weighted by Crippen LogP contribution is -2.39. The fourth-order valence-electron chi connectivity index (χ4n) is 2.32. The van der Waals surface area contributed by atoms with Crippen molar-refractivity contribution in [2.45, 2.75) is 13.0 Å². The molecule has 0 saturated carbocycles. The van der Waals surface area contributed by atoms with Gasteiger partial charge in [0.2, 0.25) is 0 Å². The minimum absolute atomic E-state index is 0.167. The highest BCUT2D eigenvalue weighted by Gasteiger charge is 2.07. The van der Waals surface area contributed by atoms with Crippen molar-refractivity contribution in [3.05, 3.63) is 59.9 Å². The molecule has 0 heterocycles. The van der Waals surface area contributed by atoms with Gasteiger partial charge in [-0.2, -0.15) is 0 Å². The van der Waals surface area contributed by atoms with Gasteiger partial charge in [-0.05, 0) is 48.9 Å². The van der Waals surface area contributed by atoms with E-state index in [0.717, 1.165) is 11.5 Å². The lowest BCUT2D eigenvalue weighted by Gasteiger charge is -2.14. The van der Waals surface area contributed by atoms with Crippen LogP contribution >= 0.6 is 0 Å². The Morgan fingerprint density at radius 2 is 1.74 bits per heavy atom. The summed E-state index contributed by atoms with van der Waals surface area (Å²) in [5, 5.41) is 16.4. The van der Waals surface area contributed by atoms with E-state index in [0.29, 0.717) is 31.2 Å². The molecule has 2 rings (SSSR count). The first kappa shape index (κ1) is 20.5. The van der Waals surface area contributed by atoms with Gasteiger partial charge in [0.15, 0.2) is 5.96 Å². The van der Waals surface area contributed by atoms with Crippen LogP contribution in [-0.2, 0) is 0 Å². The third kappa shape index (κ3) is 7.15. The lowest BCUT2D eigenvalue weighted by atomic mass is 10.1. The minimum Gasteiger partial charge on any atom is -0.497 e. The maximum Gasteiger partial charge on any atom is 0.191 e. The molecule has 6 nitrogen and oxygen atoms in total. The van der Waals surface area contributed by atoms with Crippen molar-refractivity contribution < 1.29 is 19.0 Å². The number of aliphatic imine (C=N–C) groups is 1. The summed E-state index contributed by atoms with van der Waals surface area (Å²) in [4.78, 5) is 4.36. The number of nitrogens with zero attached hydrogens (tertiary/aromatic N) is 1. The van der Waals surface area contributed by atoms with Crippen molar-refractivity contribution in [3.8, 4) is 11.5 Å². The van der Waals surface area contributed by atoms with E-state index in [-0.39, 0.29) is 12.4 Å². The first-order chi connectivity index (χ1) is 13.1. The number of nitrogens with one attached hydrogen (secondary N) is 2. The predicted molar refractivity (Wildman–Crippen MR) is 104 cm³/mol. The molecule has 1 atom stereocenters. The van der Waals surface area contributed by atoms with Crippen molar-refractivity contribution in [1.82, 2.24) is 10.6 Å². The van der Waals surface area contributed by atoms with E-state index in [1.54, 1.807) is 19.2 Å². The van der Waals surface area contributed by atoms with Crippen LogP contribution < -0.4 is 20.1 Å². The summed E-state index contributed by atoms with van der Waals surface area (Å²) in [6.07, 6.45) is -0.795. The van der Waals surface area contributed by atoms with Crippen LogP contribution in [0.4, 0.5) is 4.39 Å². The summed E-state index contributed by atoms with van der Waals surface area (Å²) >= 11 is 0. The van der Waals surface area contributed by atoms with Crippen LogP contribution in [0.1, 0.15) is 18.6 Å². The van der Waals surface area contributed by atoms with Gasteiger partial charge in [0, 0.05) is 6.54 Å². The number of methoxy groups -OCH3 is 1. The van der Waals surface area contributed by atoms with Crippen LogP contribution in [0.5, 0.6) is 11.5 Å². The van der Waals surface area contributed by atoms with Gasteiger partial charge in [0.25, 0.3) is 0 Å². The van der Waals surface area contributed by atoms with Crippen molar-refractivity contribution in [2.75, 3.05) is 33.4 Å². The van der Waals surface area contributed by atoms with Crippen molar-refractivity contribution >= 4 is 5.96 Å². The smallest absolute Gasteiger partial charge is 0.191 e. The van der Waals surface area contributed by atoms with E-state index < -0.39 is 6.10 Å². The van der Waals surface area contributed by atoms with Crippen LogP contribution in [0.15, 0.2) is 53.5 Å². The predicted octanol–water partition coefficient (Wildman–Crippen LogP) is 2.50. The highest BCUT2D eigenvalue weighted by Crippen LogP contribution is 2.16. The molecule has 0 spiro atoms. The minimum atomic E-state index is -0.795. The van der Waals surface area contributed by atoms with Gasteiger partial charge in [-0.25, -0.2) is 4.39 Å². The van der Waals surface area contributed by atoms with Crippen LogP contribution in [0.25, 0.3) is 0 Å². The summed E-state index contributed by atoms with van der Waals surface area (Å²) in [6, 6.07) is 13.1. The fourth-order valence-corrected chi connectivity index (χ4v) is 2.32. The second-order valence-electron chi connectivity index (χ2n) is 5.74. The molecule has 0 saturated heterocycles. The third-order valence-corrected chi connectivity index (χ3v) is 3.74. The maximum absolute atomic E-state index is 13.0. The standard InChI is InChI=1S/C20H26FN3O3/c1-3-22-20(24-14-19(25)15-4-6-16(21)7-5-15)23-12-13-27-18-10-8-17(26-2)9-11-18/h4-11,19,25H,3,12-14H2,1-2H3,(H2,22,23,24). The average molecular weight is 375 g/mol. The number of aliphatic hydroxyl groups is 1. The molecule has 0 amide bonds. The molecule has 0 aliphatic rings. The highest BCUT2D eigenvalue weighted by atomic mass is 19.1. The Morgan fingerprint density at radius 1 is 1.07 bits per heavy atom. The van der Waals surface area contributed by atoms with Crippen LogP contribution in [0, 0.1) is 5.82 Å². The van der Waals surface area contributed by atoms with E-state index in [4.69, 9.17) is 9.47 Å². The Bertz CT molecular complexity index is 705. The summed E-state index contributed by atoms with van der Waals surface area (Å²) in [6.45, 7) is 3.82. The summed E-state index contributed by atoms with van der Waals surface area (Å²) in [7, 11) is 1.62. The lowest BCUT2D eigenvalue weighted by molar-refractivity contribution is 0.187. The van der Waals surface area contributed by atoms with Crippen molar-refractivity contribution in [1.29, 1.82) is 0 Å². The number of hydrogen-bond donors (Lipinski definition) is 3. The number of benzene rings is 2. The number of ether oxygens (including phenoxy) is 2. The number of guanidine groups is 1. The van der Waals surface area contributed by atoms with Gasteiger partial charge < -0.3 is 25.2 Å². The second kappa shape index (κ2) is 11.0. The van der Waals surface area contributed by atoms with E-state index in [2.05, 4.69) is 15.6 Å². The zero-order chi connectivity index (χ0) is 19.5. The number of halogens is 1. The molecule has 0 fully saturated rings. The number of aliphatic hydroxyl groups excluding tert-OH is 1. The maximum atomic E-state index is 13.0. The Balaban J connectivity index is 1.79. The molecule has 2 aromatic carbocycles. The molecule has 2 aromatic rings. The van der Waals surface area contributed by atoms with Crippen molar-refractivity contribution in [2.24, 2.45) is 4.99 Å². The van der Waals surface area contributed by atoms with E-state index in [1.165, 1.54) is 12.1 Å². The highest BCUT2D eigenvalue weighted by molar-refractivity contribution is 5.79. The first-order valence-electron chi connectivity index (χ1n) is 8.85. The van der Waals surface area contributed by atoms with Crippen LogP contribution in [0.2, 0.25) is 0 Å². The molecule has 1 unspecified atom stereocenters. The van der Waals surface area contributed by atoms with Gasteiger partial charge in [-0.3, -0.25) is 4.99 Å². The van der Waals surface area contributed by atoms with Crippen molar-refractivity contribution in [3.63, 3.8) is 0 Å². The zero-order valence-electron chi connectivity index (χ0n) is 15.6. The Labute approximate surface area is 159 Å². The van der Waals surface area contributed by atoms with Gasteiger partial charge in [-0.15, -0.1) is 0 Å². The number of hydrogen-bond acceptors (Lipinski definition) is 4. The second-order valence-corrected chi connectivity index (χ2v) is 5.74. The molecule has 27 heavy (non-hydrogen) atoms. The fraction of sp³-hybridized carbons (Fsp3) is 0.350. The molecular weight excluding hydrogens is 349 g/mol. The van der Waals surface area contributed by atoms with Gasteiger partial charge in [0.1, 0.15) is 23.9 Å². The van der Waals surface area contributed by atoms with Gasteiger partial charge in [0.05, 0.1) is 26.3 Å².